The lowest BCUT2D eigenvalue weighted by Crippen LogP contribution is -2.62. The molecule has 0 unspecified atom stereocenters. The van der Waals surface area contributed by atoms with Gasteiger partial charge in [0.15, 0.2) is 0 Å². The Labute approximate surface area is 169 Å². The molecule has 3 N–H and O–H groups in total. The van der Waals surface area contributed by atoms with Crippen LogP contribution >= 0.6 is 0 Å². The van der Waals surface area contributed by atoms with Crippen LogP contribution in [0.1, 0.15) is 48.2 Å². The lowest BCUT2D eigenvalue weighted by Gasteiger charge is -2.52. The van der Waals surface area contributed by atoms with Crippen LogP contribution in [0.4, 0.5) is 4.39 Å². The minimum absolute atomic E-state index is 0.124. The van der Waals surface area contributed by atoms with Gasteiger partial charge in [0.2, 0.25) is 5.91 Å². The van der Waals surface area contributed by atoms with Crippen LogP contribution in [-0.2, 0) is 4.79 Å². The summed E-state index contributed by atoms with van der Waals surface area (Å²) in [4.78, 5) is 29.9. The molecule has 1 saturated carbocycles. The molecule has 2 amide bonds. The van der Waals surface area contributed by atoms with Crippen LogP contribution in [0.5, 0.6) is 0 Å². The summed E-state index contributed by atoms with van der Waals surface area (Å²) in [7, 11) is 0. The molecule has 6 nitrogen and oxygen atoms in total. The fourth-order valence-electron chi connectivity index (χ4n) is 5.39. The third-order valence-electron chi connectivity index (χ3n) is 6.96. The van der Waals surface area contributed by atoms with E-state index in [-0.39, 0.29) is 29.1 Å². The number of likely N-dealkylation sites (tertiary alicyclic amines) is 1. The summed E-state index contributed by atoms with van der Waals surface area (Å²) in [5.41, 5.74) is 2.15. The van der Waals surface area contributed by atoms with Crippen molar-refractivity contribution in [2.24, 2.45) is 5.41 Å². The van der Waals surface area contributed by atoms with Crippen molar-refractivity contribution in [2.45, 2.75) is 51.1 Å². The van der Waals surface area contributed by atoms with E-state index in [1.807, 2.05) is 6.92 Å². The topological polar surface area (TPSA) is 77.2 Å². The molecular formula is C22H27FN4O2. The summed E-state index contributed by atoms with van der Waals surface area (Å²) in [6.45, 7) is 4.64. The van der Waals surface area contributed by atoms with Crippen molar-refractivity contribution in [2.75, 3.05) is 19.6 Å². The zero-order valence-electron chi connectivity index (χ0n) is 16.7. The Kier molecular flexibility index (Phi) is 4.38. The van der Waals surface area contributed by atoms with E-state index in [0.717, 1.165) is 50.9 Å². The van der Waals surface area contributed by atoms with E-state index in [0.29, 0.717) is 29.1 Å². The summed E-state index contributed by atoms with van der Waals surface area (Å²) < 4.78 is 14.1. The molecule has 0 bridgehead atoms. The predicted molar refractivity (Wildman–Crippen MR) is 108 cm³/mol. The standard InChI is InChI=1S/C22H27FN4O2/c1-13-5-6-17(23)16-8-18(26-20(13)16)21(29)25-14-3-2-4-15(7-14)27-11-22(12-27)9-19(28)24-10-22/h5-6,8,14-15,26H,2-4,7,9-12H2,1H3,(H,24,28)(H,25,29)/t14-,15+/m1/s1. The van der Waals surface area contributed by atoms with E-state index in [1.165, 1.54) is 6.07 Å². The van der Waals surface area contributed by atoms with E-state index in [2.05, 4.69) is 20.5 Å². The first kappa shape index (κ1) is 18.6. The fourth-order valence-corrected chi connectivity index (χ4v) is 5.39. The molecule has 1 aromatic heterocycles. The van der Waals surface area contributed by atoms with Gasteiger partial charge >= 0.3 is 0 Å². The second-order valence-electron chi connectivity index (χ2n) is 9.19. The molecule has 2 atom stereocenters. The highest BCUT2D eigenvalue weighted by Crippen LogP contribution is 2.40. The van der Waals surface area contributed by atoms with Gasteiger partial charge in [0, 0.05) is 48.9 Å². The van der Waals surface area contributed by atoms with Crippen molar-refractivity contribution in [3.8, 4) is 0 Å². The maximum atomic E-state index is 14.1. The van der Waals surface area contributed by atoms with Gasteiger partial charge in [-0.1, -0.05) is 6.07 Å². The number of H-pyrrole nitrogens is 1. The summed E-state index contributed by atoms with van der Waals surface area (Å²) >= 11 is 0. The van der Waals surface area contributed by atoms with E-state index in [4.69, 9.17) is 0 Å². The zero-order chi connectivity index (χ0) is 20.2. The van der Waals surface area contributed by atoms with Crippen molar-refractivity contribution in [1.29, 1.82) is 0 Å². The van der Waals surface area contributed by atoms with Crippen LogP contribution < -0.4 is 10.6 Å². The van der Waals surface area contributed by atoms with Crippen molar-refractivity contribution in [1.82, 2.24) is 20.5 Å². The highest BCUT2D eigenvalue weighted by atomic mass is 19.1. The average Bonchev–Trinajstić information content (AvgIpc) is 3.29. The molecule has 2 aromatic rings. The van der Waals surface area contributed by atoms with Crippen molar-refractivity contribution >= 4 is 22.7 Å². The van der Waals surface area contributed by atoms with Gasteiger partial charge in [0.1, 0.15) is 11.5 Å². The monoisotopic (exact) mass is 398 g/mol. The van der Waals surface area contributed by atoms with Crippen LogP contribution in [0.15, 0.2) is 18.2 Å². The first-order valence-corrected chi connectivity index (χ1v) is 10.5. The smallest absolute Gasteiger partial charge is 0.267 e. The lowest BCUT2D eigenvalue weighted by atomic mass is 9.76. The van der Waals surface area contributed by atoms with Crippen LogP contribution in [0.3, 0.4) is 0 Å². The summed E-state index contributed by atoms with van der Waals surface area (Å²) in [6.07, 6.45) is 4.76. The fraction of sp³-hybridized carbons (Fsp3) is 0.545. The number of fused-ring (bicyclic) bond motifs is 1. The molecule has 29 heavy (non-hydrogen) atoms. The maximum absolute atomic E-state index is 14.1. The third kappa shape index (κ3) is 3.31. The van der Waals surface area contributed by atoms with E-state index in [9.17, 15) is 14.0 Å². The van der Waals surface area contributed by atoms with Gasteiger partial charge in [-0.15, -0.1) is 0 Å². The van der Waals surface area contributed by atoms with Crippen LogP contribution in [-0.4, -0.2) is 53.4 Å². The number of nitrogens with one attached hydrogen (secondary N) is 3. The Balaban J connectivity index is 1.22. The highest BCUT2D eigenvalue weighted by Gasteiger charge is 2.50. The van der Waals surface area contributed by atoms with Gasteiger partial charge < -0.3 is 15.6 Å². The molecule has 2 saturated heterocycles. The quantitative estimate of drug-likeness (QED) is 0.743. The number of aromatic amines is 1. The number of amides is 2. The first-order valence-electron chi connectivity index (χ1n) is 10.5. The third-order valence-corrected chi connectivity index (χ3v) is 6.96. The number of hydrogen-bond donors (Lipinski definition) is 3. The number of carbonyl (C=O) groups excluding carboxylic acids is 2. The van der Waals surface area contributed by atoms with Gasteiger partial charge in [-0.2, -0.15) is 0 Å². The average molecular weight is 398 g/mol. The number of hydrogen-bond acceptors (Lipinski definition) is 3. The van der Waals surface area contributed by atoms with Crippen molar-refractivity contribution < 1.29 is 14.0 Å². The number of benzene rings is 1. The van der Waals surface area contributed by atoms with Crippen LogP contribution in [0.2, 0.25) is 0 Å². The highest BCUT2D eigenvalue weighted by molar-refractivity contribution is 5.99. The summed E-state index contributed by atoms with van der Waals surface area (Å²) in [5, 5.41) is 6.57. The number of halogens is 1. The molecule has 154 valence electrons. The minimum Gasteiger partial charge on any atom is -0.355 e. The normalized spacial score (nSPS) is 26.5. The first-order chi connectivity index (χ1) is 13.9. The van der Waals surface area contributed by atoms with E-state index < -0.39 is 0 Å². The second-order valence-corrected chi connectivity index (χ2v) is 9.19. The number of nitrogens with zero attached hydrogens (tertiary/aromatic N) is 1. The van der Waals surface area contributed by atoms with Gasteiger partial charge in [0.05, 0.1) is 5.52 Å². The largest absolute Gasteiger partial charge is 0.355 e. The maximum Gasteiger partial charge on any atom is 0.267 e. The molecule has 1 aliphatic carbocycles. The Bertz CT molecular complexity index is 940. The zero-order valence-corrected chi connectivity index (χ0v) is 16.7. The number of carbonyl (C=O) groups is 2. The predicted octanol–water partition coefficient (Wildman–Crippen LogP) is 2.48. The summed E-state index contributed by atoms with van der Waals surface area (Å²) in [6, 6.07) is 5.34. The molecule has 3 heterocycles. The summed E-state index contributed by atoms with van der Waals surface area (Å²) in [5.74, 6) is -0.315. The van der Waals surface area contributed by atoms with E-state index >= 15 is 0 Å². The second kappa shape index (κ2) is 6.83. The molecule has 3 aliphatic rings. The Hall–Kier alpha value is -2.41. The number of rotatable bonds is 3. The van der Waals surface area contributed by atoms with E-state index in [1.54, 1.807) is 12.1 Å². The molecular weight excluding hydrogens is 371 g/mol. The molecule has 0 radical (unpaired) electrons. The van der Waals surface area contributed by atoms with Gasteiger partial charge in [-0.25, -0.2) is 4.39 Å². The SMILES string of the molecule is Cc1ccc(F)c2cc(C(=O)N[C@@H]3CCC[C@H](N4CC5(CNC(=O)C5)C4)C3)[nH]c12. The van der Waals surface area contributed by atoms with Crippen LogP contribution in [0.25, 0.3) is 10.9 Å². The molecule has 7 heteroatoms. The number of aryl methyl sites for hydroxylation is 1. The lowest BCUT2D eigenvalue weighted by molar-refractivity contribution is -0.121. The van der Waals surface area contributed by atoms with Crippen molar-refractivity contribution in [3.05, 3.63) is 35.3 Å². The van der Waals surface area contributed by atoms with Gasteiger partial charge in [0.25, 0.3) is 5.91 Å². The Morgan fingerprint density at radius 1 is 1.31 bits per heavy atom. The minimum atomic E-state index is -0.315. The molecule has 1 aromatic carbocycles. The molecule has 2 aliphatic heterocycles. The number of aromatic nitrogens is 1. The Morgan fingerprint density at radius 3 is 2.86 bits per heavy atom. The van der Waals surface area contributed by atoms with Gasteiger partial charge in [-0.05, 0) is 50.3 Å². The van der Waals surface area contributed by atoms with Crippen LogP contribution in [0, 0.1) is 18.2 Å². The molecule has 1 spiro atoms. The van der Waals surface area contributed by atoms with Crippen molar-refractivity contribution in [3.63, 3.8) is 0 Å². The molecule has 5 rings (SSSR count). The Morgan fingerprint density at radius 2 is 2.14 bits per heavy atom. The molecule has 3 fully saturated rings. The van der Waals surface area contributed by atoms with Gasteiger partial charge in [-0.3, -0.25) is 14.5 Å².